The number of carbonyl (C=O) groups is 1. The molecule has 0 aliphatic rings. The maximum atomic E-state index is 12.8. The van der Waals surface area contributed by atoms with Crippen LogP contribution in [0, 0.1) is 13.8 Å². The highest BCUT2D eigenvalue weighted by molar-refractivity contribution is 14.1. The molecule has 0 saturated heterocycles. The number of ether oxygens (including phenoxy) is 1. The number of carbonyl (C=O) groups excluding carboxylic acids is 1. The number of halogens is 3. The number of rotatable bonds is 4. The third-order valence-corrected chi connectivity index (χ3v) is 2.62. The van der Waals surface area contributed by atoms with E-state index in [0.717, 1.165) is 13.2 Å². The van der Waals surface area contributed by atoms with Crippen LogP contribution in [-0.2, 0) is 16.0 Å². The van der Waals surface area contributed by atoms with E-state index in [-0.39, 0.29) is 3.70 Å². The number of alkyl halides is 2. The molecule has 0 fully saturated rings. The van der Waals surface area contributed by atoms with Crippen LogP contribution in [0.25, 0.3) is 0 Å². The van der Waals surface area contributed by atoms with Crippen molar-refractivity contribution in [2.75, 3.05) is 7.11 Å². The second-order valence-corrected chi connectivity index (χ2v) is 4.25. The van der Waals surface area contributed by atoms with Crippen LogP contribution in [0.5, 0.6) is 0 Å². The van der Waals surface area contributed by atoms with Crippen LogP contribution in [0.2, 0.25) is 0 Å². The van der Waals surface area contributed by atoms with Crippen LogP contribution in [0.15, 0.2) is 6.07 Å². The van der Waals surface area contributed by atoms with Crippen molar-refractivity contribution in [3.8, 4) is 0 Å². The van der Waals surface area contributed by atoms with E-state index < -0.39 is 40.7 Å². The van der Waals surface area contributed by atoms with Gasteiger partial charge in [0, 0.05) is 34.2 Å². The minimum atomic E-state index is -2.93. The summed E-state index contributed by atoms with van der Waals surface area (Å²) in [6, 6.07) is 1.01. The third-order valence-electron chi connectivity index (χ3n) is 2.06. The lowest BCUT2D eigenvalue weighted by atomic mass is 10.1. The van der Waals surface area contributed by atoms with E-state index in [9.17, 15) is 23.7 Å². The van der Waals surface area contributed by atoms with Crippen LogP contribution < -0.4 is 0 Å². The van der Waals surface area contributed by atoms with Gasteiger partial charge >= 0.3 is 11.8 Å². The molecule has 0 atom stereocenters. The number of nitro groups is 1. The number of nitrogens with zero attached hydrogens (tertiary/aromatic N) is 2. The molecule has 6 nitrogen and oxygen atoms in total. The van der Waals surface area contributed by atoms with Crippen LogP contribution in [0.4, 0.5) is 14.6 Å². The van der Waals surface area contributed by atoms with E-state index >= 15 is 0 Å². The van der Waals surface area contributed by atoms with E-state index in [1.165, 1.54) is 0 Å². The van der Waals surface area contributed by atoms with Crippen molar-refractivity contribution >= 4 is 34.4 Å². The van der Waals surface area contributed by atoms with Gasteiger partial charge in [-0.05, 0) is 9.91 Å². The molecule has 0 N–H and O–H groups in total. The fraction of sp³-hybridized carbons (Fsp3) is 0.333. The number of pyridine rings is 1. The summed E-state index contributed by atoms with van der Waals surface area (Å²) in [4.78, 5) is 24.5. The molecule has 0 spiro atoms. The molecule has 0 saturated carbocycles. The summed E-state index contributed by atoms with van der Waals surface area (Å²) in [6.07, 6.45) is -3.55. The maximum absolute atomic E-state index is 12.8. The quantitative estimate of drug-likeness (QED) is 0.266. The number of esters is 1. The summed E-state index contributed by atoms with van der Waals surface area (Å²) in [5.74, 6) is -1.59. The van der Waals surface area contributed by atoms with Gasteiger partial charge in [0.25, 0.3) is 6.43 Å². The topological polar surface area (TPSA) is 82.3 Å². The molecule has 1 rings (SSSR count). The van der Waals surface area contributed by atoms with Gasteiger partial charge in [-0.25, -0.2) is 8.78 Å². The molecule has 0 radical (unpaired) electrons. The van der Waals surface area contributed by atoms with Crippen LogP contribution in [0.3, 0.4) is 0 Å². The Bertz CT molecular complexity index is 496. The van der Waals surface area contributed by atoms with E-state index in [2.05, 4.69) is 9.72 Å². The summed E-state index contributed by atoms with van der Waals surface area (Å²) in [6.45, 7) is 0. The summed E-state index contributed by atoms with van der Waals surface area (Å²) in [7, 11) is 1.07. The maximum Gasteiger partial charge on any atom is 0.368 e. The molecule has 18 heavy (non-hydrogen) atoms. The Labute approximate surface area is 114 Å². The Kier molecular flexibility index (Phi) is 4.87. The molecule has 1 aromatic heterocycles. The van der Waals surface area contributed by atoms with Gasteiger partial charge in [-0.1, -0.05) is 0 Å². The van der Waals surface area contributed by atoms with E-state index in [1.807, 2.05) is 0 Å². The zero-order chi connectivity index (χ0) is 13.9. The SMILES string of the molecule is COC(=O)Cc1c(C(F)F)cc(I)nc1[N+](=O)[O-]. The average Bonchev–Trinajstić information content (AvgIpc) is 2.29. The van der Waals surface area contributed by atoms with Gasteiger partial charge in [-0.3, -0.25) is 4.79 Å². The van der Waals surface area contributed by atoms with Gasteiger partial charge in [0.1, 0.15) is 0 Å². The lowest BCUT2D eigenvalue weighted by Crippen LogP contribution is -2.12. The van der Waals surface area contributed by atoms with Crippen molar-refractivity contribution in [1.82, 2.24) is 4.98 Å². The number of hydrogen-bond donors (Lipinski definition) is 0. The Morgan fingerprint density at radius 1 is 1.67 bits per heavy atom. The molecule has 0 bridgehead atoms. The highest BCUT2D eigenvalue weighted by Crippen LogP contribution is 2.30. The van der Waals surface area contributed by atoms with Gasteiger partial charge in [0.05, 0.1) is 19.1 Å². The number of aromatic nitrogens is 1. The van der Waals surface area contributed by atoms with Gasteiger partial charge < -0.3 is 14.9 Å². The molecule has 1 heterocycles. The molecule has 0 aromatic carbocycles. The summed E-state index contributed by atoms with van der Waals surface area (Å²) in [5, 5.41) is 10.8. The summed E-state index contributed by atoms with van der Waals surface area (Å²) >= 11 is 1.59. The van der Waals surface area contributed by atoms with Crippen molar-refractivity contribution in [1.29, 1.82) is 0 Å². The predicted molar refractivity (Wildman–Crippen MR) is 64.3 cm³/mol. The largest absolute Gasteiger partial charge is 0.469 e. The Morgan fingerprint density at radius 2 is 2.28 bits per heavy atom. The van der Waals surface area contributed by atoms with Gasteiger partial charge in [0.15, 0.2) is 0 Å². The highest BCUT2D eigenvalue weighted by atomic mass is 127. The van der Waals surface area contributed by atoms with E-state index in [4.69, 9.17) is 0 Å². The van der Waals surface area contributed by atoms with Gasteiger partial charge in [0.2, 0.25) is 3.70 Å². The first-order valence-electron chi connectivity index (χ1n) is 4.55. The molecule has 98 valence electrons. The predicted octanol–water partition coefficient (Wildman–Crippen LogP) is 2.25. The molecule has 0 aliphatic heterocycles. The monoisotopic (exact) mass is 372 g/mol. The number of methoxy groups -OCH3 is 1. The molecular weight excluding hydrogens is 365 g/mol. The lowest BCUT2D eigenvalue weighted by Gasteiger charge is -2.08. The van der Waals surface area contributed by atoms with E-state index in [1.54, 1.807) is 22.6 Å². The standard InChI is InChI=1S/C9H7F2IN2O4/c1-18-7(15)3-5-4(8(10)11)2-6(12)13-9(5)14(16)17/h2,8H,3H2,1H3. The van der Waals surface area contributed by atoms with Gasteiger partial charge in [-0.15, -0.1) is 0 Å². The number of hydrogen-bond acceptors (Lipinski definition) is 5. The first-order chi connectivity index (χ1) is 8.36. The molecular formula is C9H7F2IN2O4. The van der Waals surface area contributed by atoms with Crippen LogP contribution in [-0.4, -0.2) is 23.0 Å². The smallest absolute Gasteiger partial charge is 0.368 e. The zero-order valence-electron chi connectivity index (χ0n) is 9.02. The fourth-order valence-corrected chi connectivity index (χ4v) is 1.85. The zero-order valence-corrected chi connectivity index (χ0v) is 11.2. The first-order valence-corrected chi connectivity index (χ1v) is 5.63. The van der Waals surface area contributed by atoms with Crippen molar-refractivity contribution in [3.63, 3.8) is 0 Å². The molecule has 9 heteroatoms. The summed E-state index contributed by atoms with van der Waals surface area (Å²) in [5.41, 5.74) is -0.992. The second kappa shape index (κ2) is 5.98. The average molecular weight is 372 g/mol. The molecule has 0 unspecified atom stereocenters. The van der Waals surface area contributed by atoms with Crippen molar-refractivity contribution in [2.45, 2.75) is 12.8 Å². The highest BCUT2D eigenvalue weighted by Gasteiger charge is 2.28. The van der Waals surface area contributed by atoms with Crippen molar-refractivity contribution in [3.05, 3.63) is 31.0 Å². The van der Waals surface area contributed by atoms with Crippen LogP contribution >= 0.6 is 22.6 Å². The lowest BCUT2D eigenvalue weighted by molar-refractivity contribution is -0.390. The third kappa shape index (κ3) is 3.31. The minimum Gasteiger partial charge on any atom is -0.469 e. The summed E-state index contributed by atoms with van der Waals surface area (Å²) < 4.78 is 30.0. The Hall–Kier alpha value is -1.39. The molecule has 0 amide bonds. The fourth-order valence-electron chi connectivity index (χ4n) is 1.29. The minimum absolute atomic E-state index is 0.0585. The Balaban J connectivity index is 3.40. The Morgan fingerprint density at radius 3 is 2.72 bits per heavy atom. The molecule has 1 aromatic rings. The van der Waals surface area contributed by atoms with Crippen molar-refractivity contribution in [2.24, 2.45) is 0 Å². The first kappa shape index (κ1) is 14.7. The molecule has 0 aliphatic carbocycles. The second-order valence-electron chi connectivity index (χ2n) is 3.15. The van der Waals surface area contributed by atoms with E-state index in [0.29, 0.717) is 0 Å². The van der Waals surface area contributed by atoms with Crippen molar-refractivity contribution < 1.29 is 23.2 Å². The van der Waals surface area contributed by atoms with Crippen LogP contribution in [0.1, 0.15) is 17.6 Å². The van der Waals surface area contributed by atoms with Gasteiger partial charge in [-0.2, -0.15) is 0 Å². The normalized spacial score (nSPS) is 10.5.